The third-order valence-electron chi connectivity index (χ3n) is 3.34. The molecule has 0 aliphatic carbocycles. The van der Waals surface area contributed by atoms with E-state index in [-0.39, 0.29) is 11.8 Å². The maximum Gasteiger partial charge on any atom is 0.179 e. The largest absolute Gasteiger partial charge is 0.296 e. The minimum absolute atomic E-state index is 0.0513. The van der Waals surface area contributed by atoms with Crippen molar-refractivity contribution in [3.63, 3.8) is 0 Å². The highest BCUT2D eigenvalue weighted by atomic mass is 32.2. The highest BCUT2D eigenvalue weighted by Gasteiger charge is 2.18. The molecule has 3 heteroatoms. The Bertz CT molecular complexity index is 375. The van der Waals surface area contributed by atoms with Crippen LogP contribution < -0.4 is 0 Å². The average Bonchev–Trinajstić information content (AvgIpc) is 2.43. The van der Waals surface area contributed by atoms with E-state index in [1.807, 2.05) is 38.2 Å². The smallest absolute Gasteiger partial charge is 0.179 e. The molecular weight excluding hydrogens is 242 g/mol. The summed E-state index contributed by atoms with van der Waals surface area (Å²) < 4.78 is 0. The number of ketones is 1. The third-order valence-corrected chi connectivity index (χ3v) is 3.93. The van der Waals surface area contributed by atoms with Crippen LogP contribution in [0.25, 0.3) is 0 Å². The Morgan fingerprint density at radius 3 is 2.44 bits per heavy atom. The number of likely N-dealkylation sites (N-methyl/N-ethyl adjacent to an activating group) is 1. The molecule has 1 unspecified atom stereocenters. The lowest BCUT2D eigenvalue weighted by Crippen LogP contribution is -2.37. The van der Waals surface area contributed by atoms with Crippen LogP contribution in [0.15, 0.2) is 24.3 Å². The van der Waals surface area contributed by atoms with Crippen molar-refractivity contribution in [2.24, 2.45) is 0 Å². The van der Waals surface area contributed by atoms with Crippen molar-refractivity contribution in [3.05, 3.63) is 35.4 Å². The average molecular weight is 265 g/mol. The quantitative estimate of drug-likeness (QED) is 0.707. The summed E-state index contributed by atoms with van der Waals surface area (Å²) in [4.78, 5) is 14.4. The lowest BCUT2D eigenvalue weighted by atomic mass is 10.0. The Kier molecular flexibility index (Phi) is 6.44. The van der Waals surface area contributed by atoms with Crippen molar-refractivity contribution in [3.8, 4) is 0 Å². The zero-order valence-corrected chi connectivity index (χ0v) is 12.6. The summed E-state index contributed by atoms with van der Waals surface area (Å²) in [5.41, 5.74) is 2.09. The van der Waals surface area contributed by atoms with Crippen molar-refractivity contribution in [2.75, 3.05) is 25.6 Å². The number of nitrogens with zero attached hydrogens (tertiary/aromatic N) is 1. The molecule has 0 spiro atoms. The lowest BCUT2D eigenvalue weighted by molar-refractivity contribution is 0.0875. The van der Waals surface area contributed by atoms with E-state index in [1.54, 1.807) is 11.8 Å². The van der Waals surface area contributed by atoms with Gasteiger partial charge < -0.3 is 0 Å². The number of aryl methyl sites for hydroxylation is 1. The first-order valence-corrected chi connectivity index (χ1v) is 7.81. The van der Waals surface area contributed by atoms with Crippen molar-refractivity contribution < 1.29 is 4.79 Å². The Labute approximate surface area is 115 Å². The zero-order chi connectivity index (χ0) is 13.5. The predicted molar refractivity (Wildman–Crippen MR) is 80.6 cm³/mol. The van der Waals surface area contributed by atoms with Crippen LogP contribution in [0, 0.1) is 0 Å². The number of benzene rings is 1. The molecule has 18 heavy (non-hydrogen) atoms. The molecular formula is C15H23NOS. The second kappa shape index (κ2) is 7.59. The molecule has 100 valence electrons. The van der Waals surface area contributed by atoms with Crippen LogP contribution >= 0.6 is 11.8 Å². The Hall–Kier alpha value is -0.800. The first-order valence-electron chi connectivity index (χ1n) is 6.42. The van der Waals surface area contributed by atoms with Gasteiger partial charge in [-0.1, -0.05) is 31.2 Å². The van der Waals surface area contributed by atoms with E-state index >= 15 is 0 Å². The second-order valence-electron chi connectivity index (χ2n) is 4.56. The molecule has 0 aliphatic rings. The predicted octanol–water partition coefficient (Wildman–Crippen LogP) is 3.12. The van der Waals surface area contributed by atoms with Crippen LogP contribution in [0.1, 0.15) is 29.8 Å². The summed E-state index contributed by atoms with van der Waals surface area (Å²) in [6.07, 6.45) is 3.10. The van der Waals surface area contributed by atoms with Gasteiger partial charge in [0.05, 0.1) is 6.04 Å². The van der Waals surface area contributed by atoms with Crippen LogP contribution in [0.3, 0.4) is 0 Å². The second-order valence-corrected chi connectivity index (χ2v) is 5.55. The van der Waals surface area contributed by atoms with Gasteiger partial charge in [0.2, 0.25) is 0 Å². The van der Waals surface area contributed by atoms with E-state index in [4.69, 9.17) is 0 Å². The van der Waals surface area contributed by atoms with Gasteiger partial charge in [-0.15, -0.1) is 0 Å². The molecule has 0 aromatic heterocycles. The van der Waals surface area contributed by atoms with Crippen molar-refractivity contribution >= 4 is 17.5 Å². The van der Waals surface area contributed by atoms with Crippen LogP contribution in [0.4, 0.5) is 0 Å². The molecule has 0 saturated heterocycles. The number of carbonyl (C=O) groups excluding carboxylic acids is 1. The van der Waals surface area contributed by atoms with Crippen LogP contribution in [-0.4, -0.2) is 42.3 Å². The first-order chi connectivity index (χ1) is 8.60. The number of rotatable bonds is 7. The molecule has 0 saturated carbocycles. The maximum absolute atomic E-state index is 12.3. The van der Waals surface area contributed by atoms with Gasteiger partial charge in [0.1, 0.15) is 0 Å². The Morgan fingerprint density at radius 2 is 1.94 bits per heavy atom. The van der Waals surface area contributed by atoms with Gasteiger partial charge in [-0.05, 0) is 32.2 Å². The SMILES string of the molecule is CCc1ccc(C(=O)C(C)N(C)CCSC)cc1. The van der Waals surface area contributed by atoms with Gasteiger partial charge in [-0.2, -0.15) is 11.8 Å². The van der Waals surface area contributed by atoms with E-state index in [1.165, 1.54) is 5.56 Å². The molecule has 1 aromatic carbocycles. The monoisotopic (exact) mass is 265 g/mol. The normalized spacial score (nSPS) is 12.7. The van der Waals surface area contributed by atoms with Gasteiger partial charge in [-0.25, -0.2) is 0 Å². The van der Waals surface area contributed by atoms with E-state index in [2.05, 4.69) is 18.1 Å². The standard InChI is InChI=1S/C15H23NOS/c1-5-13-6-8-14(9-7-13)15(17)12(2)16(3)10-11-18-4/h6-9,12H,5,10-11H2,1-4H3. The molecule has 0 radical (unpaired) electrons. The summed E-state index contributed by atoms with van der Waals surface area (Å²) >= 11 is 1.81. The first kappa shape index (κ1) is 15.3. The fourth-order valence-corrected chi connectivity index (χ4v) is 2.25. The maximum atomic E-state index is 12.3. The van der Waals surface area contributed by atoms with Crippen molar-refractivity contribution in [1.82, 2.24) is 4.90 Å². The zero-order valence-electron chi connectivity index (χ0n) is 11.8. The van der Waals surface area contributed by atoms with E-state index in [0.29, 0.717) is 0 Å². The molecule has 0 amide bonds. The van der Waals surface area contributed by atoms with Crippen molar-refractivity contribution in [1.29, 1.82) is 0 Å². The third kappa shape index (κ3) is 4.14. The van der Waals surface area contributed by atoms with Crippen LogP contribution in [0.5, 0.6) is 0 Å². The summed E-state index contributed by atoms with van der Waals surface area (Å²) in [7, 11) is 2.01. The summed E-state index contributed by atoms with van der Waals surface area (Å²) in [5.74, 6) is 1.27. The Balaban J connectivity index is 2.67. The number of hydrogen-bond donors (Lipinski definition) is 0. The molecule has 1 atom stereocenters. The molecule has 0 heterocycles. The number of hydrogen-bond acceptors (Lipinski definition) is 3. The number of thioether (sulfide) groups is 1. The van der Waals surface area contributed by atoms with Crippen molar-refractivity contribution in [2.45, 2.75) is 26.3 Å². The molecule has 0 bridgehead atoms. The lowest BCUT2D eigenvalue weighted by Gasteiger charge is -2.23. The fraction of sp³-hybridized carbons (Fsp3) is 0.533. The topological polar surface area (TPSA) is 20.3 Å². The molecule has 1 aromatic rings. The van der Waals surface area contributed by atoms with E-state index in [0.717, 1.165) is 24.3 Å². The molecule has 2 nitrogen and oxygen atoms in total. The fourth-order valence-electron chi connectivity index (χ4n) is 1.78. The van der Waals surface area contributed by atoms with Gasteiger partial charge in [0.15, 0.2) is 5.78 Å². The van der Waals surface area contributed by atoms with Gasteiger partial charge in [-0.3, -0.25) is 9.69 Å². The van der Waals surface area contributed by atoms with Crippen LogP contribution in [0.2, 0.25) is 0 Å². The van der Waals surface area contributed by atoms with Gasteiger partial charge in [0.25, 0.3) is 0 Å². The van der Waals surface area contributed by atoms with E-state index < -0.39 is 0 Å². The minimum atomic E-state index is -0.0513. The molecule has 1 rings (SSSR count). The highest BCUT2D eigenvalue weighted by molar-refractivity contribution is 7.98. The summed E-state index contributed by atoms with van der Waals surface area (Å²) in [6, 6.07) is 7.92. The highest BCUT2D eigenvalue weighted by Crippen LogP contribution is 2.10. The Morgan fingerprint density at radius 1 is 1.33 bits per heavy atom. The number of carbonyl (C=O) groups is 1. The molecule has 0 N–H and O–H groups in total. The van der Waals surface area contributed by atoms with E-state index in [9.17, 15) is 4.79 Å². The number of Topliss-reactive ketones (excluding diaryl/α,β-unsaturated/α-hetero) is 1. The summed E-state index contributed by atoms with van der Waals surface area (Å²) in [6.45, 7) is 5.05. The van der Waals surface area contributed by atoms with Crippen LogP contribution in [-0.2, 0) is 6.42 Å². The molecule has 0 aliphatic heterocycles. The van der Waals surface area contributed by atoms with Gasteiger partial charge in [0, 0.05) is 17.9 Å². The van der Waals surface area contributed by atoms with Gasteiger partial charge >= 0.3 is 0 Å². The minimum Gasteiger partial charge on any atom is -0.296 e. The summed E-state index contributed by atoms with van der Waals surface area (Å²) in [5, 5.41) is 0. The molecule has 0 fully saturated rings.